The molecule has 0 aliphatic rings. The van der Waals surface area contributed by atoms with Gasteiger partial charge in [-0.25, -0.2) is 0 Å². The van der Waals surface area contributed by atoms with E-state index >= 15 is 0 Å². The van der Waals surface area contributed by atoms with E-state index in [-0.39, 0.29) is 0 Å². The van der Waals surface area contributed by atoms with Crippen LogP contribution in [0.3, 0.4) is 0 Å². The van der Waals surface area contributed by atoms with Crippen molar-refractivity contribution in [2.75, 3.05) is 26.8 Å². The molecule has 0 fully saturated rings. The fourth-order valence-electron chi connectivity index (χ4n) is 1.94. The first-order valence-corrected chi connectivity index (χ1v) is 7.25. The van der Waals surface area contributed by atoms with Gasteiger partial charge in [0.2, 0.25) is 0 Å². The summed E-state index contributed by atoms with van der Waals surface area (Å²) in [6.45, 7) is 11.1. The molecule has 0 atom stereocenters. The average Bonchev–Trinajstić information content (AvgIpc) is 2.39. The van der Waals surface area contributed by atoms with Gasteiger partial charge in [-0.05, 0) is 44.0 Å². The second-order valence-corrected chi connectivity index (χ2v) is 5.36. The third-order valence-electron chi connectivity index (χ3n) is 2.86. The molecule has 0 aliphatic heterocycles. The molecule has 112 valence electrons. The molecule has 3 nitrogen and oxygen atoms in total. The first-order chi connectivity index (χ1) is 9.56. The lowest BCUT2D eigenvalue weighted by molar-refractivity contribution is 0.311. The lowest BCUT2D eigenvalue weighted by Gasteiger charge is -2.11. The number of ether oxygens (including phenoxy) is 2. The normalized spacial score (nSPS) is 11.8. The summed E-state index contributed by atoms with van der Waals surface area (Å²) in [5, 5.41) is 3.44. The van der Waals surface area contributed by atoms with Gasteiger partial charge in [0.1, 0.15) is 0 Å². The van der Waals surface area contributed by atoms with Gasteiger partial charge in [-0.1, -0.05) is 31.6 Å². The van der Waals surface area contributed by atoms with E-state index in [1.54, 1.807) is 7.11 Å². The summed E-state index contributed by atoms with van der Waals surface area (Å²) in [5.74, 6) is 2.25. The highest BCUT2D eigenvalue weighted by Crippen LogP contribution is 2.28. The summed E-state index contributed by atoms with van der Waals surface area (Å²) in [7, 11) is 1.66. The largest absolute Gasteiger partial charge is 0.493 e. The van der Waals surface area contributed by atoms with Crippen LogP contribution in [0.4, 0.5) is 0 Å². The standard InChI is InChI=1S/C17H27NO2/c1-6-20-17-10-15(7-8-16(17)19-5)9-14(4)12-18-11-13(2)3/h7-10,13,18H,6,11-12H2,1-5H3. The maximum atomic E-state index is 5.59. The molecule has 0 aromatic heterocycles. The maximum Gasteiger partial charge on any atom is 0.161 e. The number of hydrogen-bond donors (Lipinski definition) is 1. The molecule has 0 aliphatic carbocycles. The van der Waals surface area contributed by atoms with Crippen molar-refractivity contribution in [3.63, 3.8) is 0 Å². The zero-order chi connectivity index (χ0) is 15.0. The smallest absolute Gasteiger partial charge is 0.161 e. The van der Waals surface area contributed by atoms with Gasteiger partial charge < -0.3 is 14.8 Å². The number of hydrogen-bond acceptors (Lipinski definition) is 3. The summed E-state index contributed by atoms with van der Waals surface area (Å²) >= 11 is 0. The monoisotopic (exact) mass is 277 g/mol. The van der Waals surface area contributed by atoms with Crippen molar-refractivity contribution in [3.05, 3.63) is 29.3 Å². The Bertz CT molecular complexity index is 439. The van der Waals surface area contributed by atoms with Crippen LogP contribution in [-0.4, -0.2) is 26.8 Å². The van der Waals surface area contributed by atoms with Crippen LogP contribution in [-0.2, 0) is 0 Å². The Balaban J connectivity index is 2.73. The third kappa shape index (κ3) is 5.66. The van der Waals surface area contributed by atoms with Crippen molar-refractivity contribution in [3.8, 4) is 11.5 Å². The van der Waals surface area contributed by atoms with E-state index in [4.69, 9.17) is 9.47 Å². The molecule has 1 aromatic rings. The average molecular weight is 277 g/mol. The van der Waals surface area contributed by atoms with Gasteiger partial charge >= 0.3 is 0 Å². The highest BCUT2D eigenvalue weighted by atomic mass is 16.5. The Morgan fingerprint density at radius 1 is 1.30 bits per heavy atom. The van der Waals surface area contributed by atoms with E-state index in [0.29, 0.717) is 12.5 Å². The van der Waals surface area contributed by atoms with Gasteiger partial charge in [0, 0.05) is 6.54 Å². The first-order valence-electron chi connectivity index (χ1n) is 7.25. The fourth-order valence-corrected chi connectivity index (χ4v) is 1.94. The predicted octanol–water partition coefficient (Wildman–Crippen LogP) is 3.74. The molecule has 0 bridgehead atoms. The first kappa shape index (κ1) is 16.6. The van der Waals surface area contributed by atoms with E-state index in [1.165, 1.54) is 5.57 Å². The summed E-state index contributed by atoms with van der Waals surface area (Å²) in [4.78, 5) is 0. The molecule has 0 saturated heterocycles. The van der Waals surface area contributed by atoms with Crippen molar-refractivity contribution >= 4 is 6.08 Å². The van der Waals surface area contributed by atoms with Crippen LogP contribution in [0.15, 0.2) is 23.8 Å². The molecule has 20 heavy (non-hydrogen) atoms. The summed E-state index contributed by atoms with van der Waals surface area (Å²) in [6, 6.07) is 6.02. The Kier molecular flexibility index (Phi) is 7.16. The van der Waals surface area contributed by atoms with Crippen LogP contribution in [0.25, 0.3) is 6.08 Å². The summed E-state index contributed by atoms with van der Waals surface area (Å²) in [6.07, 6.45) is 2.18. The van der Waals surface area contributed by atoms with Crippen LogP contribution in [0, 0.1) is 5.92 Å². The summed E-state index contributed by atoms with van der Waals surface area (Å²) < 4.78 is 10.9. The molecule has 1 rings (SSSR count). The molecule has 0 saturated carbocycles. The highest BCUT2D eigenvalue weighted by molar-refractivity contribution is 5.58. The van der Waals surface area contributed by atoms with Crippen LogP contribution >= 0.6 is 0 Å². The minimum Gasteiger partial charge on any atom is -0.493 e. The molecule has 0 heterocycles. The van der Waals surface area contributed by atoms with E-state index in [9.17, 15) is 0 Å². The maximum absolute atomic E-state index is 5.59. The van der Waals surface area contributed by atoms with Gasteiger partial charge in [0.05, 0.1) is 13.7 Å². The quantitative estimate of drug-likeness (QED) is 0.785. The van der Waals surface area contributed by atoms with E-state index in [0.717, 1.165) is 30.2 Å². The van der Waals surface area contributed by atoms with Gasteiger partial charge in [-0.15, -0.1) is 0 Å². The fraction of sp³-hybridized carbons (Fsp3) is 0.529. The molecular formula is C17H27NO2. The van der Waals surface area contributed by atoms with E-state index in [2.05, 4.69) is 32.2 Å². The van der Waals surface area contributed by atoms with Gasteiger partial charge in [0.25, 0.3) is 0 Å². The molecule has 1 aromatic carbocycles. The Morgan fingerprint density at radius 3 is 2.65 bits per heavy atom. The van der Waals surface area contributed by atoms with Crippen LogP contribution in [0.2, 0.25) is 0 Å². The molecule has 0 spiro atoms. The second kappa shape index (κ2) is 8.64. The lowest BCUT2D eigenvalue weighted by atomic mass is 10.1. The van der Waals surface area contributed by atoms with Gasteiger partial charge in [0.15, 0.2) is 11.5 Å². The Morgan fingerprint density at radius 2 is 2.05 bits per heavy atom. The predicted molar refractivity (Wildman–Crippen MR) is 85.5 cm³/mol. The zero-order valence-electron chi connectivity index (χ0n) is 13.3. The molecule has 1 N–H and O–H groups in total. The van der Waals surface area contributed by atoms with E-state index in [1.807, 2.05) is 25.1 Å². The van der Waals surface area contributed by atoms with Gasteiger partial charge in [-0.2, -0.15) is 0 Å². The van der Waals surface area contributed by atoms with Crippen LogP contribution in [0.5, 0.6) is 11.5 Å². The van der Waals surface area contributed by atoms with Crippen molar-refractivity contribution in [2.24, 2.45) is 5.92 Å². The van der Waals surface area contributed by atoms with Gasteiger partial charge in [-0.3, -0.25) is 0 Å². The lowest BCUT2D eigenvalue weighted by Crippen LogP contribution is -2.21. The molecule has 0 unspecified atom stereocenters. The second-order valence-electron chi connectivity index (χ2n) is 5.36. The topological polar surface area (TPSA) is 30.5 Å². The van der Waals surface area contributed by atoms with E-state index < -0.39 is 0 Å². The minimum absolute atomic E-state index is 0.637. The van der Waals surface area contributed by atoms with Crippen molar-refractivity contribution in [2.45, 2.75) is 27.7 Å². The molecule has 0 amide bonds. The number of methoxy groups -OCH3 is 1. The number of rotatable bonds is 8. The van der Waals surface area contributed by atoms with Crippen LogP contribution in [0.1, 0.15) is 33.3 Å². The molecular weight excluding hydrogens is 250 g/mol. The van der Waals surface area contributed by atoms with Crippen LogP contribution < -0.4 is 14.8 Å². The SMILES string of the molecule is CCOc1cc(C=C(C)CNCC(C)C)ccc1OC. The Hall–Kier alpha value is -1.48. The number of benzene rings is 1. The van der Waals surface area contributed by atoms with Crippen molar-refractivity contribution < 1.29 is 9.47 Å². The summed E-state index contributed by atoms with van der Waals surface area (Å²) in [5.41, 5.74) is 2.44. The highest BCUT2D eigenvalue weighted by Gasteiger charge is 2.04. The molecule has 0 radical (unpaired) electrons. The van der Waals surface area contributed by atoms with Crippen molar-refractivity contribution in [1.29, 1.82) is 0 Å². The Labute approximate surface area is 123 Å². The molecule has 3 heteroatoms. The number of nitrogens with one attached hydrogen (secondary N) is 1. The third-order valence-corrected chi connectivity index (χ3v) is 2.86. The zero-order valence-corrected chi connectivity index (χ0v) is 13.3. The van der Waals surface area contributed by atoms with Crippen molar-refractivity contribution in [1.82, 2.24) is 5.32 Å². The minimum atomic E-state index is 0.637.